The van der Waals surface area contributed by atoms with Gasteiger partial charge in [0, 0.05) is 18.1 Å². The molecule has 2 aromatic rings. The second-order valence-electron chi connectivity index (χ2n) is 3.05. The molecule has 68 valence electrons. The first-order valence-electron chi connectivity index (χ1n) is 4.43. The van der Waals surface area contributed by atoms with Gasteiger partial charge >= 0.3 is 0 Å². The van der Waals surface area contributed by atoms with Crippen molar-refractivity contribution in [2.75, 3.05) is 0 Å². The molecule has 0 amide bonds. The van der Waals surface area contributed by atoms with E-state index >= 15 is 0 Å². The van der Waals surface area contributed by atoms with Gasteiger partial charge in [0.15, 0.2) is 5.65 Å². The molecule has 2 rings (SSSR count). The Kier molecular flexibility index (Phi) is 2.23. The first-order valence-corrected chi connectivity index (χ1v) is 4.81. The highest BCUT2D eigenvalue weighted by Gasteiger charge is 2.03. The maximum Gasteiger partial charge on any atom is 0.155 e. The van der Waals surface area contributed by atoms with Crippen LogP contribution < -0.4 is 0 Å². The predicted molar refractivity (Wildman–Crippen MR) is 54.2 cm³/mol. The van der Waals surface area contributed by atoms with Crippen molar-refractivity contribution in [2.45, 2.75) is 19.8 Å². The van der Waals surface area contributed by atoms with Gasteiger partial charge in [-0.05, 0) is 18.6 Å². The van der Waals surface area contributed by atoms with Crippen LogP contribution in [0.4, 0.5) is 0 Å². The van der Waals surface area contributed by atoms with E-state index in [1.54, 1.807) is 0 Å². The van der Waals surface area contributed by atoms with Crippen molar-refractivity contribution in [1.82, 2.24) is 9.38 Å². The number of nitrogens with zero attached hydrogens (tertiary/aromatic N) is 2. The Hall–Kier alpha value is -1.02. The van der Waals surface area contributed by atoms with Crippen molar-refractivity contribution in [3.8, 4) is 0 Å². The zero-order chi connectivity index (χ0) is 9.26. The molecule has 0 saturated heterocycles. The van der Waals surface area contributed by atoms with E-state index in [4.69, 9.17) is 11.6 Å². The third-order valence-electron chi connectivity index (χ3n) is 2.07. The summed E-state index contributed by atoms with van der Waals surface area (Å²) in [5, 5.41) is 0.713. The minimum absolute atomic E-state index is 0.713. The van der Waals surface area contributed by atoms with Gasteiger partial charge in [-0.15, -0.1) is 0 Å². The molecule has 2 aromatic heterocycles. The van der Waals surface area contributed by atoms with Crippen LogP contribution in [0.3, 0.4) is 0 Å². The molecular formula is C10H11ClN2. The SMILES string of the molecule is CCCc1cnc2c(Cl)cccn12. The lowest BCUT2D eigenvalue weighted by Gasteiger charge is -1.99. The van der Waals surface area contributed by atoms with E-state index in [2.05, 4.69) is 11.9 Å². The second kappa shape index (κ2) is 3.38. The van der Waals surface area contributed by atoms with Crippen LogP contribution in [-0.2, 0) is 6.42 Å². The smallest absolute Gasteiger partial charge is 0.155 e. The summed E-state index contributed by atoms with van der Waals surface area (Å²) in [4.78, 5) is 4.27. The average Bonchev–Trinajstić information content (AvgIpc) is 2.51. The van der Waals surface area contributed by atoms with Crippen LogP contribution in [0.2, 0.25) is 5.02 Å². The van der Waals surface area contributed by atoms with E-state index in [0.717, 1.165) is 18.5 Å². The number of fused-ring (bicyclic) bond motifs is 1. The summed E-state index contributed by atoms with van der Waals surface area (Å²) < 4.78 is 2.05. The normalized spacial score (nSPS) is 10.9. The topological polar surface area (TPSA) is 17.3 Å². The summed E-state index contributed by atoms with van der Waals surface area (Å²) in [5.41, 5.74) is 2.08. The number of pyridine rings is 1. The van der Waals surface area contributed by atoms with Gasteiger partial charge in [-0.3, -0.25) is 0 Å². The molecule has 3 heteroatoms. The molecule has 13 heavy (non-hydrogen) atoms. The molecule has 0 spiro atoms. The number of imidazole rings is 1. The molecule has 0 N–H and O–H groups in total. The molecule has 0 atom stereocenters. The van der Waals surface area contributed by atoms with Crippen LogP contribution in [0.5, 0.6) is 0 Å². The summed E-state index contributed by atoms with van der Waals surface area (Å²) in [7, 11) is 0. The number of aromatic nitrogens is 2. The maximum absolute atomic E-state index is 5.99. The molecule has 0 unspecified atom stereocenters. The standard InChI is InChI=1S/C10H11ClN2/c1-2-4-8-7-12-10-9(11)5-3-6-13(8)10/h3,5-7H,2,4H2,1H3. The quantitative estimate of drug-likeness (QED) is 0.719. The summed E-state index contributed by atoms with van der Waals surface area (Å²) >= 11 is 5.99. The zero-order valence-corrected chi connectivity index (χ0v) is 8.25. The Balaban J connectivity index is 2.61. The summed E-state index contributed by atoms with van der Waals surface area (Å²) in [5.74, 6) is 0. The molecule has 0 aliphatic heterocycles. The van der Waals surface area contributed by atoms with Crippen LogP contribution in [0.1, 0.15) is 19.0 Å². The largest absolute Gasteiger partial charge is 0.303 e. The van der Waals surface area contributed by atoms with Crippen LogP contribution >= 0.6 is 11.6 Å². The van der Waals surface area contributed by atoms with Crippen LogP contribution in [0, 0.1) is 0 Å². The van der Waals surface area contributed by atoms with Gasteiger partial charge in [-0.25, -0.2) is 4.98 Å². The van der Waals surface area contributed by atoms with Gasteiger partial charge < -0.3 is 4.40 Å². The second-order valence-corrected chi connectivity index (χ2v) is 3.46. The van der Waals surface area contributed by atoms with Crippen LogP contribution in [-0.4, -0.2) is 9.38 Å². The van der Waals surface area contributed by atoms with Gasteiger partial charge in [0.25, 0.3) is 0 Å². The fraction of sp³-hybridized carbons (Fsp3) is 0.300. The molecule has 2 nitrogen and oxygen atoms in total. The Morgan fingerprint density at radius 2 is 2.38 bits per heavy atom. The lowest BCUT2D eigenvalue weighted by molar-refractivity contribution is 0.868. The van der Waals surface area contributed by atoms with Crippen molar-refractivity contribution in [1.29, 1.82) is 0 Å². The Morgan fingerprint density at radius 1 is 1.54 bits per heavy atom. The van der Waals surface area contributed by atoms with E-state index in [1.165, 1.54) is 5.69 Å². The molecule has 0 aliphatic carbocycles. The van der Waals surface area contributed by atoms with Crippen molar-refractivity contribution >= 4 is 17.2 Å². The van der Waals surface area contributed by atoms with E-state index in [9.17, 15) is 0 Å². The average molecular weight is 195 g/mol. The molecule has 0 aliphatic rings. The molecule has 0 saturated carbocycles. The van der Waals surface area contributed by atoms with Crippen molar-refractivity contribution in [2.24, 2.45) is 0 Å². The number of hydrogen-bond acceptors (Lipinski definition) is 1. The predicted octanol–water partition coefficient (Wildman–Crippen LogP) is 2.94. The van der Waals surface area contributed by atoms with Crippen LogP contribution in [0.25, 0.3) is 5.65 Å². The summed E-state index contributed by atoms with van der Waals surface area (Å²) in [6.45, 7) is 2.16. The highest BCUT2D eigenvalue weighted by atomic mass is 35.5. The Morgan fingerprint density at radius 3 is 3.15 bits per heavy atom. The fourth-order valence-electron chi connectivity index (χ4n) is 1.47. The monoisotopic (exact) mass is 194 g/mol. The summed E-state index contributed by atoms with van der Waals surface area (Å²) in [6.07, 6.45) is 6.06. The molecule has 0 fully saturated rings. The first-order chi connectivity index (χ1) is 6.33. The molecule has 0 radical (unpaired) electrons. The van der Waals surface area contributed by atoms with Gasteiger partial charge in [-0.1, -0.05) is 24.9 Å². The number of aryl methyl sites for hydroxylation is 1. The fourth-order valence-corrected chi connectivity index (χ4v) is 1.68. The van der Waals surface area contributed by atoms with Gasteiger partial charge in [0.05, 0.1) is 5.02 Å². The number of hydrogen-bond donors (Lipinski definition) is 0. The highest BCUT2D eigenvalue weighted by molar-refractivity contribution is 6.33. The van der Waals surface area contributed by atoms with Gasteiger partial charge in [0.2, 0.25) is 0 Å². The highest BCUT2D eigenvalue weighted by Crippen LogP contribution is 2.17. The molecule has 0 bridgehead atoms. The van der Waals surface area contributed by atoms with Crippen LogP contribution in [0.15, 0.2) is 24.5 Å². The van der Waals surface area contributed by atoms with E-state index < -0.39 is 0 Å². The van der Waals surface area contributed by atoms with Crippen molar-refractivity contribution < 1.29 is 0 Å². The third kappa shape index (κ3) is 1.42. The Labute approximate surface area is 82.2 Å². The summed E-state index contributed by atoms with van der Waals surface area (Å²) in [6, 6.07) is 3.80. The minimum atomic E-state index is 0.713. The Bertz CT molecular complexity index is 420. The molecule has 0 aromatic carbocycles. The minimum Gasteiger partial charge on any atom is -0.303 e. The lowest BCUT2D eigenvalue weighted by Crippen LogP contribution is -1.91. The van der Waals surface area contributed by atoms with E-state index in [0.29, 0.717) is 5.02 Å². The van der Waals surface area contributed by atoms with E-state index in [-0.39, 0.29) is 0 Å². The maximum atomic E-state index is 5.99. The number of halogens is 1. The third-order valence-corrected chi connectivity index (χ3v) is 2.37. The van der Waals surface area contributed by atoms with E-state index in [1.807, 2.05) is 28.9 Å². The van der Waals surface area contributed by atoms with Gasteiger partial charge in [-0.2, -0.15) is 0 Å². The molecular weight excluding hydrogens is 184 g/mol. The van der Waals surface area contributed by atoms with Gasteiger partial charge in [0.1, 0.15) is 0 Å². The van der Waals surface area contributed by atoms with Crippen molar-refractivity contribution in [3.05, 3.63) is 35.2 Å². The zero-order valence-electron chi connectivity index (χ0n) is 7.50. The molecule has 2 heterocycles. The van der Waals surface area contributed by atoms with Crippen molar-refractivity contribution in [3.63, 3.8) is 0 Å². The number of rotatable bonds is 2. The first kappa shape index (κ1) is 8.57. The lowest BCUT2D eigenvalue weighted by atomic mass is 10.3.